The highest BCUT2D eigenvalue weighted by molar-refractivity contribution is 6.04. The molecule has 1 N–H and O–H groups in total. The number of hydrogen-bond acceptors (Lipinski definition) is 3. The summed E-state index contributed by atoms with van der Waals surface area (Å²) in [7, 11) is 0. The number of carbonyl (C=O) groups excluding carboxylic acids is 1. The maximum atomic E-state index is 12.4. The van der Waals surface area contributed by atoms with E-state index in [9.17, 15) is 4.79 Å². The van der Waals surface area contributed by atoms with Crippen LogP contribution in [0.3, 0.4) is 0 Å². The van der Waals surface area contributed by atoms with Gasteiger partial charge in [-0.25, -0.2) is 0 Å². The van der Waals surface area contributed by atoms with E-state index in [2.05, 4.69) is 18.3 Å². The number of anilines is 1. The first kappa shape index (κ1) is 20.5. The van der Waals surface area contributed by atoms with Gasteiger partial charge in [0.25, 0.3) is 5.91 Å². The van der Waals surface area contributed by atoms with E-state index >= 15 is 0 Å². The second-order valence-corrected chi connectivity index (χ2v) is 7.01. The van der Waals surface area contributed by atoms with E-state index in [1.807, 2.05) is 61.5 Å². The van der Waals surface area contributed by atoms with Crippen LogP contribution in [-0.2, 0) is 0 Å². The van der Waals surface area contributed by atoms with Crippen LogP contribution in [0.1, 0.15) is 34.3 Å². The van der Waals surface area contributed by atoms with E-state index < -0.39 is 0 Å². The number of hydrogen-bond donors (Lipinski definition) is 1. The Balaban J connectivity index is 1.38. The van der Waals surface area contributed by atoms with Crippen molar-refractivity contribution in [3.63, 3.8) is 0 Å². The fourth-order valence-corrected chi connectivity index (χ4v) is 2.90. The lowest BCUT2D eigenvalue weighted by Gasteiger charge is -2.10. The Morgan fingerprint density at radius 3 is 2.17 bits per heavy atom. The smallest absolute Gasteiger partial charge is 0.255 e. The van der Waals surface area contributed by atoms with E-state index in [0.29, 0.717) is 18.8 Å². The van der Waals surface area contributed by atoms with Crippen LogP contribution in [0.4, 0.5) is 5.69 Å². The molecule has 0 heterocycles. The molecule has 4 heteroatoms. The van der Waals surface area contributed by atoms with Crippen molar-refractivity contribution in [2.45, 2.75) is 26.7 Å². The Morgan fingerprint density at radius 1 is 0.793 bits per heavy atom. The minimum Gasteiger partial charge on any atom is -0.494 e. The molecule has 0 fully saturated rings. The predicted octanol–water partition coefficient (Wildman–Crippen LogP) is 5.79. The summed E-state index contributed by atoms with van der Waals surface area (Å²) in [4.78, 5) is 12.4. The molecule has 0 saturated carbocycles. The number of carbonyl (C=O) groups is 1. The van der Waals surface area contributed by atoms with Crippen LogP contribution in [0.5, 0.6) is 11.5 Å². The number of ether oxygens (including phenoxy) is 2. The first-order valence-corrected chi connectivity index (χ1v) is 9.91. The summed E-state index contributed by atoms with van der Waals surface area (Å²) in [5.74, 6) is 1.54. The maximum Gasteiger partial charge on any atom is 0.255 e. The van der Waals surface area contributed by atoms with Crippen LogP contribution in [0.25, 0.3) is 0 Å². The molecule has 0 spiro atoms. The molecule has 0 aliphatic carbocycles. The topological polar surface area (TPSA) is 47.6 Å². The number of unbranched alkanes of at least 4 members (excludes halogenated alkanes) is 1. The van der Waals surface area contributed by atoms with Gasteiger partial charge in [0.2, 0.25) is 0 Å². The van der Waals surface area contributed by atoms with Crippen molar-refractivity contribution < 1.29 is 14.3 Å². The van der Waals surface area contributed by atoms with Gasteiger partial charge in [-0.1, -0.05) is 30.3 Å². The molecule has 150 valence electrons. The maximum absolute atomic E-state index is 12.4. The Hall–Kier alpha value is -3.27. The van der Waals surface area contributed by atoms with Gasteiger partial charge >= 0.3 is 0 Å². The highest BCUT2D eigenvalue weighted by atomic mass is 16.5. The zero-order valence-corrected chi connectivity index (χ0v) is 17.0. The van der Waals surface area contributed by atoms with Gasteiger partial charge in [0.05, 0.1) is 13.2 Å². The summed E-state index contributed by atoms with van der Waals surface area (Å²) < 4.78 is 11.5. The number of para-hydroxylation sites is 1. The fourth-order valence-electron chi connectivity index (χ4n) is 2.90. The molecule has 0 radical (unpaired) electrons. The Bertz CT molecular complexity index is 935. The quantitative estimate of drug-likeness (QED) is 0.471. The Labute approximate surface area is 172 Å². The molecule has 0 bridgehead atoms. The number of amides is 1. The molecule has 29 heavy (non-hydrogen) atoms. The van der Waals surface area contributed by atoms with Gasteiger partial charge in [-0.2, -0.15) is 0 Å². The van der Waals surface area contributed by atoms with Gasteiger partial charge in [-0.05, 0) is 80.3 Å². The van der Waals surface area contributed by atoms with Gasteiger partial charge in [0, 0.05) is 11.3 Å². The number of nitrogens with one attached hydrogen (secondary N) is 1. The van der Waals surface area contributed by atoms with Crippen molar-refractivity contribution in [1.82, 2.24) is 0 Å². The van der Waals surface area contributed by atoms with Crippen molar-refractivity contribution in [3.05, 3.63) is 89.5 Å². The standard InChI is InChI=1S/C25H27NO3/c1-19-8-7-10-23(18-19)29-17-6-5-16-28-22-14-12-21(13-15-22)25(27)26-24-11-4-3-9-20(24)2/h3-4,7-15,18H,5-6,16-17H2,1-2H3,(H,26,27). The molecule has 0 aromatic heterocycles. The van der Waals surface area contributed by atoms with Crippen molar-refractivity contribution in [2.24, 2.45) is 0 Å². The first-order chi connectivity index (χ1) is 14.1. The van der Waals surface area contributed by atoms with E-state index in [4.69, 9.17) is 9.47 Å². The SMILES string of the molecule is Cc1cccc(OCCCCOc2ccc(C(=O)Nc3ccccc3C)cc2)c1. The third-order valence-electron chi connectivity index (χ3n) is 4.58. The minimum absolute atomic E-state index is 0.126. The van der Waals surface area contributed by atoms with E-state index in [1.165, 1.54) is 5.56 Å². The lowest BCUT2D eigenvalue weighted by molar-refractivity contribution is 0.102. The highest BCUT2D eigenvalue weighted by Gasteiger charge is 2.07. The Kier molecular flexibility index (Phi) is 7.28. The van der Waals surface area contributed by atoms with E-state index in [0.717, 1.165) is 35.6 Å². The number of aryl methyl sites for hydroxylation is 2. The van der Waals surface area contributed by atoms with Gasteiger partial charge in [0.1, 0.15) is 11.5 Å². The molecule has 0 unspecified atom stereocenters. The zero-order chi connectivity index (χ0) is 20.5. The third-order valence-corrected chi connectivity index (χ3v) is 4.58. The Morgan fingerprint density at radius 2 is 1.48 bits per heavy atom. The molecule has 0 aliphatic heterocycles. The second kappa shape index (κ2) is 10.3. The third kappa shape index (κ3) is 6.39. The fraction of sp³-hybridized carbons (Fsp3) is 0.240. The lowest BCUT2D eigenvalue weighted by atomic mass is 10.1. The number of benzene rings is 3. The average molecular weight is 389 g/mol. The highest BCUT2D eigenvalue weighted by Crippen LogP contribution is 2.17. The molecular formula is C25H27NO3. The monoisotopic (exact) mass is 389 g/mol. The van der Waals surface area contributed by atoms with Crippen LogP contribution >= 0.6 is 0 Å². The normalized spacial score (nSPS) is 10.4. The molecular weight excluding hydrogens is 362 g/mol. The number of rotatable bonds is 9. The van der Waals surface area contributed by atoms with Gasteiger partial charge in [-0.3, -0.25) is 4.79 Å². The van der Waals surface area contributed by atoms with Crippen LogP contribution < -0.4 is 14.8 Å². The molecule has 4 nitrogen and oxygen atoms in total. The van der Waals surface area contributed by atoms with Gasteiger partial charge in [0.15, 0.2) is 0 Å². The summed E-state index contributed by atoms with van der Waals surface area (Å²) in [5, 5.41) is 2.94. The molecule has 3 rings (SSSR count). The predicted molar refractivity (Wildman–Crippen MR) is 117 cm³/mol. The molecule has 1 amide bonds. The first-order valence-electron chi connectivity index (χ1n) is 9.91. The van der Waals surface area contributed by atoms with Crippen molar-refractivity contribution in [2.75, 3.05) is 18.5 Å². The average Bonchev–Trinajstić information content (AvgIpc) is 2.73. The van der Waals surface area contributed by atoms with Crippen molar-refractivity contribution in [1.29, 1.82) is 0 Å². The summed E-state index contributed by atoms with van der Waals surface area (Å²) in [6, 6.07) is 23.0. The van der Waals surface area contributed by atoms with Crippen LogP contribution in [0, 0.1) is 13.8 Å². The zero-order valence-electron chi connectivity index (χ0n) is 17.0. The van der Waals surface area contributed by atoms with E-state index in [-0.39, 0.29) is 5.91 Å². The van der Waals surface area contributed by atoms with E-state index in [1.54, 1.807) is 12.1 Å². The largest absolute Gasteiger partial charge is 0.494 e. The summed E-state index contributed by atoms with van der Waals surface area (Å²) in [6.45, 7) is 5.31. The van der Waals surface area contributed by atoms with Crippen LogP contribution in [-0.4, -0.2) is 19.1 Å². The van der Waals surface area contributed by atoms with Gasteiger partial charge < -0.3 is 14.8 Å². The van der Waals surface area contributed by atoms with Crippen molar-refractivity contribution in [3.8, 4) is 11.5 Å². The molecule has 3 aromatic carbocycles. The van der Waals surface area contributed by atoms with Crippen molar-refractivity contribution >= 4 is 11.6 Å². The molecule has 0 atom stereocenters. The summed E-state index contributed by atoms with van der Waals surface area (Å²) in [5.41, 5.74) is 3.66. The molecule has 3 aromatic rings. The van der Waals surface area contributed by atoms with Gasteiger partial charge in [-0.15, -0.1) is 0 Å². The molecule has 0 saturated heterocycles. The summed E-state index contributed by atoms with van der Waals surface area (Å²) >= 11 is 0. The lowest BCUT2D eigenvalue weighted by Crippen LogP contribution is -2.12. The van der Waals surface area contributed by atoms with Crippen LogP contribution in [0.15, 0.2) is 72.8 Å². The molecule has 0 aliphatic rings. The summed E-state index contributed by atoms with van der Waals surface area (Å²) in [6.07, 6.45) is 1.83. The minimum atomic E-state index is -0.126. The second-order valence-electron chi connectivity index (χ2n) is 7.01. The van der Waals surface area contributed by atoms with Crippen LogP contribution in [0.2, 0.25) is 0 Å².